The lowest BCUT2D eigenvalue weighted by molar-refractivity contribution is 0.0516. The van der Waals surface area contributed by atoms with Gasteiger partial charge >= 0.3 is 5.97 Å². The molecular formula is C20H16ClN3O3. The standard InChI is InChI=1S/C20H16ClN3O3/c21-18-6-2-1-4-16(18)13-26-17-9-7-14(8-10-17)20(25)27-24-19(22)15-5-3-11-23-12-15/h1-12H,13H2,(H2,22,24). The quantitative estimate of drug-likeness (QED) is 0.304. The van der Waals surface area contributed by atoms with Crippen LogP contribution >= 0.6 is 11.6 Å². The molecule has 136 valence electrons. The predicted molar refractivity (Wildman–Crippen MR) is 103 cm³/mol. The Bertz CT molecular complexity index is 944. The Kier molecular flexibility index (Phi) is 6.02. The van der Waals surface area contributed by atoms with E-state index in [0.29, 0.717) is 28.5 Å². The zero-order chi connectivity index (χ0) is 19.1. The van der Waals surface area contributed by atoms with E-state index in [-0.39, 0.29) is 5.84 Å². The minimum absolute atomic E-state index is 0.0659. The molecule has 0 aliphatic heterocycles. The number of hydrogen-bond acceptors (Lipinski definition) is 5. The van der Waals surface area contributed by atoms with Gasteiger partial charge in [-0.05, 0) is 42.5 Å². The van der Waals surface area contributed by atoms with Crippen molar-refractivity contribution in [1.29, 1.82) is 0 Å². The van der Waals surface area contributed by atoms with E-state index in [1.54, 1.807) is 48.7 Å². The molecule has 2 aromatic carbocycles. The van der Waals surface area contributed by atoms with Crippen molar-refractivity contribution in [1.82, 2.24) is 4.98 Å². The number of carbonyl (C=O) groups excluding carboxylic acids is 1. The topological polar surface area (TPSA) is 86.8 Å². The first-order valence-electron chi connectivity index (χ1n) is 8.05. The fourth-order valence-corrected chi connectivity index (χ4v) is 2.36. The van der Waals surface area contributed by atoms with E-state index >= 15 is 0 Å². The van der Waals surface area contributed by atoms with Crippen molar-refractivity contribution in [2.75, 3.05) is 0 Å². The molecule has 1 heterocycles. The van der Waals surface area contributed by atoms with E-state index in [9.17, 15) is 4.79 Å². The number of ether oxygens (including phenoxy) is 1. The summed E-state index contributed by atoms with van der Waals surface area (Å²) in [5.41, 5.74) is 7.52. The lowest BCUT2D eigenvalue weighted by Crippen LogP contribution is -2.15. The second-order valence-electron chi connectivity index (χ2n) is 5.50. The Morgan fingerprint density at radius 3 is 2.52 bits per heavy atom. The number of hydrogen-bond donors (Lipinski definition) is 1. The molecule has 0 aliphatic rings. The number of amidine groups is 1. The fraction of sp³-hybridized carbons (Fsp3) is 0.0500. The van der Waals surface area contributed by atoms with Crippen LogP contribution in [0.3, 0.4) is 0 Å². The SMILES string of the molecule is N/C(=N/OC(=O)c1ccc(OCc2ccccc2Cl)cc1)c1cccnc1. The van der Waals surface area contributed by atoms with E-state index in [0.717, 1.165) is 5.56 Å². The summed E-state index contributed by atoms with van der Waals surface area (Å²) < 4.78 is 5.67. The number of nitrogens with two attached hydrogens (primary N) is 1. The molecule has 3 aromatic rings. The summed E-state index contributed by atoms with van der Waals surface area (Å²) in [6, 6.07) is 17.4. The molecule has 0 aliphatic carbocycles. The third-order valence-electron chi connectivity index (χ3n) is 3.63. The number of rotatable bonds is 6. The molecule has 27 heavy (non-hydrogen) atoms. The Morgan fingerprint density at radius 1 is 1.04 bits per heavy atom. The highest BCUT2D eigenvalue weighted by molar-refractivity contribution is 6.31. The van der Waals surface area contributed by atoms with Crippen LogP contribution in [0.15, 0.2) is 78.2 Å². The second kappa shape index (κ2) is 8.82. The number of carbonyl (C=O) groups is 1. The first-order valence-corrected chi connectivity index (χ1v) is 8.43. The lowest BCUT2D eigenvalue weighted by atomic mass is 10.2. The average Bonchev–Trinajstić information content (AvgIpc) is 2.72. The number of pyridine rings is 1. The van der Waals surface area contributed by atoms with Crippen molar-refractivity contribution in [2.24, 2.45) is 10.9 Å². The first-order chi connectivity index (χ1) is 13.1. The van der Waals surface area contributed by atoms with Crippen molar-refractivity contribution in [3.8, 4) is 5.75 Å². The van der Waals surface area contributed by atoms with Crippen LogP contribution in [-0.4, -0.2) is 16.8 Å². The molecule has 0 bridgehead atoms. The van der Waals surface area contributed by atoms with Gasteiger partial charge in [-0.2, -0.15) is 0 Å². The van der Waals surface area contributed by atoms with Crippen molar-refractivity contribution in [2.45, 2.75) is 6.61 Å². The molecule has 0 saturated carbocycles. The molecule has 2 N–H and O–H groups in total. The van der Waals surface area contributed by atoms with Crippen LogP contribution in [-0.2, 0) is 11.4 Å². The Morgan fingerprint density at radius 2 is 1.81 bits per heavy atom. The van der Waals surface area contributed by atoms with Gasteiger partial charge in [0.25, 0.3) is 0 Å². The summed E-state index contributed by atoms with van der Waals surface area (Å²) in [5.74, 6) is 0.0421. The van der Waals surface area contributed by atoms with Gasteiger partial charge in [0.05, 0.1) is 5.56 Å². The van der Waals surface area contributed by atoms with Crippen molar-refractivity contribution >= 4 is 23.4 Å². The zero-order valence-electron chi connectivity index (χ0n) is 14.2. The molecule has 3 rings (SSSR count). The van der Waals surface area contributed by atoms with Gasteiger partial charge in [0.15, 0.2) is 5.84 Å². The monoisotopic (exact) mass is 381 g/mol. The molecule has 0 amide bonds. The van der Waals surface area contributed by atoms with E-state index in [1.165, 1.54) is 6.20 Å². The highest BCUT2D eigenvalue weighted by Crippen LogP contribution is 2.19. The van der Waals surface area contributed by atoms with Crippen molar-refractivity contribution < 1.29 is 14.4 Å². The van der Waals surface area contributed by atoms with E-state index in [1.807, 2.05) is 18.2 Å². The minimum atomic E-state index is -0.625. The lowest BCUT2D eigenvalue weighted by Gasteiger charge is -2.08. The molecule has 6 nitrogen and oxygen atoms in total. The highest BCUT2D eigenvalue weighted by atomic mass is 35.5. The van der Waals surface area contributed by atoms with Crippen LogP contribution in [0.5, 0.6) is 5.75 Å². The largest absolute Gasteiger partial charge is 0.489 e. The third-order valence-corrected chi connectivity index (χ3v) is 4.00. The molecule has 0 saturated heterocycles. The summed E-state index contributed by atoms with van der Waals surface area (Å²) in [6.45, 7) is 0.329. The summed E-state index contributed by atoms with van der Waals surface area (Å²) in [6.07, 6.45) is 3.13. The average molecular weight is 382 g/mol. The van der Waals surface area contributed by atoms with Crippen LogP contribution in [0, 0.1) is 0 Å². The Labute approximate surface area is 161 Å². The van der Waals surface area contributed by atoms with Crippen LogP contribution in [0.2, 0.25) is 5.02 Å². The van der Waals surface area contributed by atoms with Crippen molar-refractivity contribution in [3.63, 3.8) is 0 Å². The smallest absolute Gasteiger partial charge is 0.365 e. The number of benzene rings is 2. The Hall–Kier alpha value is -3.38. The molecular weight excluding hydrogens is 366 g/mol. The van der Waals surface area contributed by atoms with E-state index in [2.05, 4.69) is 10.1 Å². The van der Waals surface area contributed by atoms with Gasteiger partial charge in [-0.15, -0.1) is 0 Å². The molecule has 1 aromatic heterocycles. The summed E-state index contributed by atoms with van der Waals surface area (Å²) in [5, 5.41) is 4.28. The van der Waals surface area contributed by atoms with Crippen LogP contribution in [0.25, 0.3) is 0 Å². The normalized spacial score (nSPS) is 11.1. The number of aromatic nitrogens is 1. The van der Waals surface area contributed by atoms with Gasteiger partial charge in [0, 0.05) is 28.5 Å². The van der Waals surface area contributed by atoms with E-state index < -0.39 is 5.97 Å². The van der Waals surface area contributed by atoms with Gasteiger partial charge in [0.2, 0.25) is 0 Å². The van der Waals surface area contributed by atoms with Crippen molar-refractivity contribution in [3.05, 3.63) is 94.8 Å². The number of oxime groups is 1. The third kappa shape index (κ3) is 5.05. The van der Waals surface area contributed by atoms with E-state index in [4.69, 9.17) is 26.9 Å². The summed E-state index contributed by atoms with van der Waals surface area (Å²) in [4.78, 5) is 20.8. The maximum Gasteiger partial charge on any atom is 0.365 e. The van der Waals surface area contributed by atoms with Crippen LogP contribution in [0.1, 0.15) is 21.5 Å². The fourth-order valence-electron chi connectivity index (χ4n) is 2.17. The number of halogens is 1. The van der Waals surface area contributed by atoms with Crippen LogP contribution < -0.4 is 10.5 Å². The maximum absolute atomic E-state index is 12.1. The highest BCUT2D eigenvalue weighted by Gasteiger charge is 2.09. The molecule has 0 atom stereocenters. The molecule has 0 radical (unpaired) electrons. The minimum Gasteiger partial charge on any atom is -0.489 e. The van der Waals surface area contributed by atoms with Gasteiger partial charge in [-0.25, -0.2) is 4.79 Å². The predicted octanol–water partition coefficient (Wildman–Crippen LogP) is 3.79. The van der Waals surface area contributed by atoms with Gasteiger partial charge in [0.1, 0.15) is 12.4 Å². The number of nitrogens with zero attached hydrogens (tertiary/aromatic N) is 2. The molecule has 0 unspecified atom stereocenters. The molecule has 0 fully saturated rings. The van der Waals surface area contributed by atoms with Gasteiger partial charge in [-0.3, -0.25) is 4.98 Å². The Balaban J connectivity index is 1.58. The second-order valence-corrected chi connectivity index (χ2v) is 5.91. The molecule has 0 spiro atoms. The molecule has 7 heteroatoms. The maximum atomic E-state index is 12.1. The zero-order valence-corrected chi connectivity index (χ0v) is 15.0. The summed E-state index contributed by atoms with van der Waals surface area (Å²) >= 11 is 6.09. The summed E-state index contributed by atoms with van der Waals surface area (Å²) in [7, 11) is 0. The van der Waals surface area contributed by atoms with Crippen LogP contribution in [0.4, 0.5) is 0 Å². The first kappa shape index (κ1) is 18.4. The van der Waals surface area contributed by atoms with Gasteiger partial charge in [-0.1, -0.05) is 35.0 Å². The van der Waals surface area contributed by atoms with Gasteiger partial charge < -0.3 is 15.3 Å².